The van der Waals surface area contributed by atoms with Gasteiger partial charge in [-0.1, -0.05) is 6.07 Å². The van der Waals surface area contributed by atoms with E-state index < -0.39 is 0 Å². The van der Waals surface area contributed by atoms with E-state index in [1.807, 2.05) is 42.5 Å². The zero-order valence-electron chi connectivity index (χ0n) is 23.5. The van der Waals surface area contributed by atoms with Crippen molar-refractivity contribution in [3.05, 3.63) is 53.6 Å². The van der Waals surface area contributed by atoms with E-state index in [1.54, 1.807) is 31.2 Å². The normalized spacial score (nSPS) is 19.2. The second kappa shape index (κ2) is 12.7. The van der Waals surface area contributed by atoms with Crippen LogP contribution in [0.3, 0.4) is 0 Å². The highest BCUT2D eigenvalue weighted by molar-refractivity contribution is 6.03. The van der Waals surface area contributed by atoms with E-state index in [9.17, 15) is 9.59 Å². The van der Waals surface area contributed by atoms with Gasteiger partial charge in [-0.05, 0) is 60.4 Å². The third-order valence-corrected chi connectivity index (χ3v) is 7.74. The number of hydrogen-bond acceptors (Lipinski definition) is 8. The van der Waals surface area contributed by atoms with Gasteiger partial charge in [0.15, 0.2) is 11.5 Å². The lowest BCUT2D eigenvalue weighted by atomic mass is 9.98. The third-order valence-electron chi connectivity index (χ3n) is 7.74. The Bertz CT molecular complexity index is 1220. The van der Waals surface area contributed by atoms with Gasteiger partial charge in [-0.3, -0.25) is 14.5 Å². The molecule has 0 radical (unpaired) electrons. The van der Waals surface area contributed by atoms with Gasteiger partial charge in [0.2, 0.25) is 5.91 Å². The Morgan fingerprint density at radius 2 is 1.70 bits per heavy atom. The zero-order valence-corrected chi connectivity index (χ0v) is 23.5. The van der Waals surface area contributed by atoms with Crippen LogP contribution < -0.4 is 14.2 Å². The molecule has 1 aliphatic carbocycles. The molecule has 1 atom stereocenters. The van der Waals surface area contributed by atoms with Crippen molar-refractivity contribution < 1.29 is 28.5 Å². The van der Waals surface area contributed by atoms with Crippen molar-refractivity contribution in [2.45, 2.75) is 25.3 Å². The number of amides is 2. The lowest BCUT2D eigenvalue weighted by molar-refractivity contribution is -0.142. The first kappa shape index (κ1) is 27.9. The first-order valence-electron chi connectivity index (χ1n) is 13.9. The van der Waals surface area contributed by atoms with E-state index in [-0.39, 0.29) is 30.3 Å². The van der Waals surface area contributed by atoms with Gasteiger partial charge in [0.05, 0.1) is 46.3 Å². The standard InChI is InChI=1S/C30H38N4O6/c1-37-24-9-6-21(7-10-24)25-19-26(23-8-11-27(38-2)28(18-23)39-3)34(31-25)29(35)20-33(30(36)22-4-5-22)13-12-32-14-16-40-17-15-32/h6-11,18,22,26H,4-5,12-17,19-20H2,1-3H3/t26-/m0/s1. The Labute approximate surface area is 235 Å². The number of hydrazone groups is 1. The second-order valence-corrected chi connectivity index (χ2v) is 10.3. The topological polar surface area (TPSA) is 93.1 Å². The quantitative estimate of drug-likeness (QED) is 0.425. The molecule has 2 amide bonds. The van der Waals surface area contributed by atoms with Gasteiger partial charge in [0.25, 0.3) is 5.91 Å². The molecule has 0 spiro atoms. The van der Waals surface area contributed by atoms with Gasteiger partial charge in [-0.15, -0.1) is 0 Å². The summed E-state index contributed by atoms with van der Waals surface area (Å²) in [4.78, 5) is 31.1. The molecule has 0 bridgehead atoms. The number of carbonyl (C=O) groups is 2. The second-order valence-electron chi connectivity index (χ2n) is 10.3. The number of hydrogen-bond donors (Lipinski definition) is 0. The fourth-order valence-corrected chi connectivity index (χ4v) is 5.20. The van der Waals surface area contributed by atoms with E-state index >= 15 is 0 Å². The molecule has 3 aliphatic rings. The van der Waals surface area contributed by atoms with E-state index in [0.29, 0.717) is 44.2 Å². The van der Waals surface area contributed by atoms with Crippen LogP contribution in [0.2, 0.25) is 0 Å². The summed E-state index contributed by atoms with van der Waals surface area (Å²) in [6.45, 7) is 4.27. The van der Waals surface area contributed by atoms with Crippen LogP contribution in [0.15, 0.2) is 47.6 Å². The number of carbonyl (C=O) groups excluding carboxylic acids is 2. The molecule has 40 heavy (non-hydrogen) atoms. The molecule has 2 aromatic rings. The van der Waals surface area contributed by atoms with Crippen LogP contribution in [0.25, 0.3) is 0 Å². The summed E-state index contributed by atoms with van der Waals surface area (Å²) in [6.07, 6.45) is 2.30. The Morgan fingerprint density at radius 1 is 0.975 bits per heavy atom. The molecule has 214 valence electrons. The number of morpholine rings is 1. The van der Waals surface area contributed by atoms with Crippen molar-refractivity contribution in [3.8, 4) is 17.2 Å². The van der Waals surface area contributed by atoms with Crippen LogP contribution in [0.1, 0.15) is 36.4 Å². The van der Waals surface area contributed by atoms with E-state index in [4.69, 9.17) is 24.0 Å². The lowest BCUT2D eigenvalue weighted by Crippen LogP contribution is -2.47. The summed E-state index contributed by atoms with van der Waals surface area (Å²) in [6, 6.07) is 13.0. The molecule has 0 unspecified atom stereocenters. The lowest BCUT2D eigenvalue weighted by Gasteiger charge is -2.31. The summed E-state index contributed by atoms with van der Waals surface area (Å²) in [5.41, 5.74) is 2.59. The average molecular weight is 551 g/mol. The van der Waals surface area contributed by atoms with Crippen LogP contribution in [-0.4, -0.2) is 99.6 Å². The number of rotatable bonds is 11. The van der Waals surface area contributed by atoms with Crippen molar-refractivity contribution in [1.82, 2.24) is 14.8 Å². The van der Waals surface area contributed by atoms with Crippen molar-refractivity contribution >= 4 is 17.5 Å². The van der Waals surface area contributed by atoms with E-state index in [1.165, 1.54) is 0 Å². The number of nitrogens with zero attached hydrogens (tertiary/aromatic N) is 4. The predicted molar refractivity (Wildman–Crippen MR) is 150 cm³/mol. The zero-order chi connectivity index (χ0) is 28.1. The maximum atomic E-state index is 13.9. The Balaban J connectivity index is 1.39. The monoisotopic (exact) mass is 550 g/mol. The smallest absolute Gasteiger partial charge is 0.262 e. The van der Waals surface area contributed by atoms with Crippen LogP contribution in [-0.2, 0) is 14.3 Å². The summed E-state index contributed by atoms with van der Waals surface area (Å²) < 4.78 is 21.7. The molecule has 0 aromatic heterocycles. The molecule has 0 N–H and O–H groups in total. The van der Waals surface area contributed by atoms with Gasteiger partial charge in [-0.2, -0.15) is 5.10 Å². The molecule has 2 fully saturated rings. The predicted octanol–water partition coefficient (Wildman–Crippen LogP) is 2.96. The average Bonchev–Trinajstić information content (AvgIpc) is 3.76. The molecule has 10 nitrogen and oxygen atoms in total. The third kappa shape index (κ3) is 6.39. The molecule has 1 saturated heterocycles. The highest BCUT2D eigenvalue weighted by Gasteiger charge is 2.38. The van der Waals surface area contributed by atoms with Crippen LogP contribution in [0.5, 0.6) is 17.2 Å². The molecule has 10 heteroatoms. The molecule has 2 aromatic carbocycles. The fourth-order valence-electron chi connectivity index (χ4n) is 5.20. The summed E-state index contributed by atoms with van der Waals surface area (Å²) in [5.74, 6) is 1.82. The summed E-state index contributed by atoms with van der Waals surface area (Å²) in [5, 5.41) is 6.36. The minimum Gasteiger partial charge on any atom is -0.497 e. The molecule has 2 aliphatic heterocycles. The minimum atomic E-state index is -0.346. The highest BCUT2D eigenvalue weighted by atomic mass is 16.5. The highest BCUT2D eigenvalue weighted by Crippen LogP contribution is 2.38. The number of methoxy groups -OCH3 is 3. The van der Waals surface area contributed by atoms with Crippen LogP contribution in [0, 0.1) is 5.92 Å². The molecule has 2 heterocycles. The van der Waals surface area contributed by atoms with Crippen LogP contribution >= 0.6 is 0 Å². The van der Waals surface area contributed by atoms with Crippen molar-refractivity contribution in [1.29, 1.82) is 0 Å². The fraction of sp³-hybridized carbons (Fsp3) is 0.500. The van der Waals surface area contributed by atoms with Gasteiger partial charge in [0.1, 0.15) is 12.3 Å². The molecule has 5 rings (SSSR count). The summed E-state index contributed by atoms with van der Waals surface area (Å²) >= 11 is 0. The molecular weight excluding hydrogens is 512 g/mol. The van der Waals surface area contributed by atoms with Gasteiger partial charge in [0, 0.05) is 38.5 Å². The number of benzene rings is 2. The minimum absolute atomic E-state index is 0.0111. The van der Waals surface area contributed by atoms with Crippen molar-refractivity contribution in [2.75, 3.05) is 67.3 Å². The van der Waals surface area contributed by atoms with E-state index in [0.717, 1.165) is 48.5 Å². The van der Waals surface area contributed by atoms with Crippen LogP contribution in [0.4, 0.5) is 0 Å². The van der Waals surface area contributed by atoms with Gasteiger partial charge < -0.3 is 23.8 Å². The van der Waals surface area contributed by atoms with Crippen molar-refractivity contribution in [3.63, 3.8) is 0 Å². The largest absolute Gasteiger partial charge is 0.497 e. The Hall–Kier alpha value is -3.63. The van der Waals surface area contributed by atoms with Crippen molar-refractivity contribution in [2.24, 2.45) is 11.0 Å². The van der Waals surface area contributed by atoms with Gasteiger partial charge in [-0.25, -0.2) is 5.01 Å². The summed E-state index contributed by atoms with van der Waals surface area (Å²) in [7, 11) is 4.81. The van der Waals surface area contributed by atoms with Gasteiger partial charge >= 0.3 is 0 Å². The van der Waals surface area contributed by atoms with E-state index in [2.05, 4.69) is 4.90 Å². The SMILES string of the molecule is COc1ccc(C2=NN(C(=O)CN(CCN3CCOCC3)C(=O)C3CC3)[C@H](c3ccc(OC)c(OC)c3)C2)cc1. The Kier molecular flexibility index (Phi) is 8.86. The maximum absolute atomic E-state index is 13.9. The molecule has 1 saturated carbocycles. The first-order valence-corrected chi connectivity index (χ1v) is 13.9. The first-order chi connectivity index (χ1) is 19.5. The Morgan fingerprint density at radius 3 is 2.35 bits per heavy atom. The number of ether oxygens (including phenoxy) is 4. The molecular formula is C30H38N4O6. The maximum Gasteiger partial charge on any atom is 0.262 e.